The molecule has 5 heteroatoms. The average Bonchev–Trinajstić information content (AvgIpc) is 2.01. The lowest BCUT2D eigenvalue weighted by Gasteiger charge is -1.87. The van der Waals surface area contributed by atoms with E-state index in [1.165, 1.54) is 0 Å². The summed E-state index contributed by atoms with van der Waals surface area (Å²) in [5, 5.41) is 15.7. The predicted octanol–water partition coefficient (Wildman–Crippen LogP) is 1.96. The quantitative estimate of drug-likeness (QED) is 0.665. The zero-order valence-corrected chi connectivity index (χ0v) is 7.95. The third-order valence-corrected chi connectivity index (χ3v) is 1.01. The van der Waals surface area contributed by atoms with Crippen molar-refractivity contribution in [1.29, 1.82) is 0 Å². The highest BCUT2D eigenvalue weighted by Crippen LogP contribution is 1.91. The molecule has 0 heterocycles. The first-order valence-corrected chi connectivity index (χ1v) is 4.12. The van der Waals surface area contributed by atoms with E-state index in [2.05, 4.69) is 4.74 Å². The number of carbonyl (C=O) groups is 2. The van der Waals surface area contributed by atoms with Gasteiger partial charge in [0.1, 0.15) is 0 Å². The van der Waals surface area contributed by atoms with Crippen LogP contribution in [0, 0.1) is 0 Å². The Morgan fingerprint density at radius 3 is 1.85 bits per heavy atom. The zero-order chi connectivity index (χ0) is 10.7. The van der Waals surface area contributed by atoms with Gasteiger partial charge in [0.15, 0.2) is 0 Å². The summed E-state index contributed by atoms with van der Waals surface area (Å²) in [6.45, 7) is 3.83. The highest BCUT2D eigenvalue weighted by molar-refractivity contribution is 5.66. The molecule has 0 atom stereocenters. The first-order valence-electron chi connectivity index (χ1n) is 4.12. The largest absolute Gasteiger partial charge is 0.505 e. The number of ether oxygens (including phenoxy) is 1. The van der Waals surface area contributed by atoms with Gasteiger partial charge in [-0.25, -0.2) is 4.79 Å². The van der Waals surface area contributed by atoms with Gasteiger partial charge in [-0.1, -0.05) is 13.3 Å². The van der Waals surface area contributed by atoms with Crippen LogP contribution in [0.25, 0.3) is 0 Å². The van der Waals surface area contributed by atoms with Crippen LogP contribution in [0.5, 0.6) is 0 Å². The van der Waals surface area contributed by atoms with E-state index in [-0.39, 0.29) is 6.61 Å². The smallest absolute Gasteiger partial charge is 0.481 e. The van der Waals surface area contributed by atoms with Gasteiger partial charge in [-0.15, -0.1) is 0 Å². The summed E-state index contributed by atoms with van der Waals surface area (Å²) in [4.78, 5) is 19.1. The summed E-state index contributed by atoms with van der Waals surface area (Å²) < 4.78 is 3.96. The van der Waals surface area contributed by atoms with Gasteiger partial charge < -0.3 is 14.9 Å². The third-order valence-electron chi connectivity index (χ3n) is 1.01. The molecule has 0 aromatic carbocycles. The molecule has 0 saturated carbocycles. The Morgan fingerprint density at radius 2 is 1.77 bits per heavy atom. The lowest BCUT2D eigenvalue weighted by Crippen LogP contribution is -1.97. The molecule has 0 radical (unpaired) electrons. The number of carboxylic acid groups (broad SMARTS) is 2. The van der Waals surface area contributed by atoms with E-state index in [1.807, 2.05) is 6.92 Å². The molecule has 0 aliphatic carbocycles. The first kappa shape index (κ1) is 14.3. The highest BCUT2D eigenvalue weighted by Gasteiger charge is 1.90. The van der Waals surface area contributed by atoms with Gasteiger partial charge in [0.05, 0.1) is 6.61 Å². The molecule has 0 aliphatic rings. The van der Waals surface area contributed by atoms with Crippen LogP contribution in [0.15, 0.2) is 0 Å². The molecule has 78 valence electrons. The monoisotopic (exact) mass is 192 g/mol. The fourth-order valence-corrected chi connectivity index (χ4v) is 0.451. The van der Waals surface area contributed by atoms with Crippen molar-refractivity contribution in [2.45, 2.75) is 33.1 Å². The number of rotatable bonds is 4. The van der Waals surface area contributed by atoms with E-state index in [0.717, 1.165) is 12.8 Å². The molecular formula is C8H16O5. The van der Waals surface area contributed by atoms with Gasteiger partial charge in [-0.05, 0) is 13.3 Å². The van der Waals surface area contributed by atoms with Gasteiger partial charge in [-0.2, -0.15) is 0 Å². The van der Waals surface area contributed by atoms with Crippen LogP contribution in [0.1, 0.15) is 33.1 Å². The number of aliphatic carboxylic acids is 1. The summed E-state index contributed by atoms with van der Waals surface area (Å²) >= 11 is 0. The van der Waals surface area contributed by atoms with Gasteiger partial charge in [-0.3, -0.25) is 4.79 Å². The van der Waals surface area contributed by atoms with Crippen LogP contribution in [-0.4, -0.2) is 28.9 Å². The van der Waals surface area contributed by atoms with Crippen LogP contribution < -0.4 is 0 Å². The van der Waals surface area contributed by atoms with Crippen molar-refractivity contribution in [2.24, 2.45) is 0 Å². The molecule has 0 spiro atoms. The van der Waals surface area contributed by atoms with Crippen LogP contribution >= 0.6 is 0 Å². The Labute approximate surface area is 77.3 Å². The molecule has 5 nitrogen and oxygen atoms in total. The summed E-state index contributed by atoms with van der Waals surface area (Å²) in [5.41, 5.74) is 0. The SMILES string of the molecule is CCCCC(=O)O.CCOC(=O)O. The molecule has 0 unspecified atom stereocenters. The Hall–Kier alpha value is -1.26. The maximum absolute atomic E-state index is 9.76. The predicted molar refractivity (Wildman–Crippen MR) is 46.8 cm³/mol. The fraction of sp³-hybridized carbons (Fsp3) is 0.750. The van der Waals surface area contributed by atoms with Crippen molar-refractivity contribution < 1.29 is 24.5 Å². The number of hydrogen-bond acceptors (Lipinski definition) is 3. The molecule has 0 bridgehead atoms. The average molecular weight is 192 g/mol. The van der Waals surface area contributed by atoms with Gasteiger partial charge in [0.25, 0.3) is 0 Å². The summed E-state index contributed by atoms with van der Waals surface area (Å²) in [7, 11) is 0. The molecule has 0 saturated heterocycles. The second-order valence-corrected chi connectivity index (χ2v) is 2.20. The van der Waals surface area contributed by atoms with E-state index >= 15 is 0 Å². The van der Waals surface area contributed by atoms with Gasteiger partial charge >= 0.3 is 12.1 Å². The minimum absolute atomic E-state index is 0.231. The van der Waals surface area contributed by atoms with Crippen molar-refractivity contribution in [1.82, 2.24) is 0 Å². The minimum atomic E-state index is -1.21. The second-order valence-electron chi connectivity index (χ2n) is 2.20. The van der Waals surface area contributed by atoms with Gasteiger partial charge in [0.2, 0.25) is 0 Å². The maximum Gasteiger partial charge on any atom is 0.505 e. The Morgan fingerprint density at radius 1 is 1.23 bits per heavy atom. The number of carboxylic acids is 1. The van der Waals surface area contributed by atoms with Gasteiger partial charge in [0, 0.05) is 6.42 Å². The molecule has 0 aliphatic heterocycles. The summed E-state index contributed by atoms with van der Waals surface area (Å²) in [6, 6.07) is 0. The highest BCUT2D eigenvalue weighted by atomic mass is 16.7. The van der Waals surface area contributed by atoms with E-state index in [9.17, 15) is 9.59 Å². The minimum Gasteiger partial charge on any atom is -0.481 e. The standard InChI is InChI=1S/C5H10O2.C3H6O3/c1-2-3-4-5(6)7;1-2-6-3(4)5/h2-4H2,1H3,(H,6,7);2H2,1H3,(H,4,5). The van der Waals surface area contributed by atoms with Crippen LogP contribution in [-0.2, 0) is 9.53 Å². The summed E-state index contributed by atoms with van der Waals surface area (Å²) in [6.07, 6.45) is 0.871. The maximum atomic E-state index is 9.76. The lowest BCUT2D eigenvalue weighted by atomic mass is 10.3. The molecule has 0 aromatic heterocycles. The van der Waals surface area contributed by atoms with Crippen molar-refractivity contribution in [3.8, 4) is 0 Å². The van der Waals surface area contributed by atoms with Crippen molar-refractivity contribution in [3.05, 3.63) is 0 Å². The third kappa shape index (κ3) is 24.9. The molecular weight excluding hydrogens is 176 g/mol. The zero-order valence-electron chi connectivity index (χ0n) is 7.95. The van der Waals surface area contributed by atoms with Crippen molar-refractivity contribution in [3.63, 3.8) is 0 Å². The number of hydrogen-bond donors (Lipinski definition) is 2. The molecule has 13 heavy (non-hydrogen) atoms. The topological polar surface area (TPSA) is 83.8 Å². The summed E-state index contributed by atoms with van der Waals surface area (Å²) in [5.74, 6) is -0.693. The molecule has 0 amide bonds. The Bertz CT molecular complexity index is 143. The van der Waals surface area contributed by atoms with Crippen LogP contribution in [0.3, 0.4) is 0 Å². The Balaban J connectivity index is 0. The van der Waals surface area contributed by atoms with Crippen molar-refractivity contribution >= 4 is 12.1 Å². The Kier molecular flexibility index (Phi) is 11.8. The van der Waals surface area contributed by atoms with Crippen LogP contribution in [0.4, 0.5) is 4.79 Å². The second kappa shape index (κ2) is 10.7. The van der Waals surface area contributed by atoms with E-state index in [0.29, 0.717) is 6.42 Å². The number of unbranched alkanes of at least 4 members (excludes halogenated alkanes) is 1. The van der Waals surface area contributed by atoms with E-state index in [4.69, 9.17) is 10.2 Å². The molecule has 0 fully saturated rings. The fourth-order valence-electron chi connectivity index (χ4n) is 0.451. The molecule has 2 N–H and O–H groups in total. The molecule has 0 aromatic rings. The molecule has 0 rings (SSSR count). The normalized spacial score (nSPS) is 8.15. The first-order chi connectivity index (χ1) is 6.04. The lowest BCUT2D eigenvalue weighted by molar-refractivity contribution is -0.137. The van der Waals surface area contributed by atoms with Crippen molar-refractivity contribution in [2.75, 3.05) is 6.61 Å². The van der Waals surface area contributed by atoms with E-state index < -0.39 is 12.1 Å². The van der Waals surface area contributed by atoms with Crippen LogP contribution in [0.2, 0.25) is 0 Å². The van der Waals surface area contributed by atoms with E-state index in [1.54, 1.807) is 6.92 Å².